The van der Waals surface area contributed by atoms with E-state index < -0.39 is 0 Å². The summed E-state index contributed by atoms with van der Waals surface area (Å²) in [5.74, 6) is 0.0788. The van der Waals surface area contributed by atoms with Crippen LogP contribution in [0.3, 0.4) is 0 Å². The Hall–Kier alpha value is -1.35. The van der Waals surface area contributed by atoms with Crippen LogP contribution in [0.1, 0.15) is 61.5 Å². The number of piperidine rings is 1. The molecule has 1 aromatic rings. The van der Waals surface area contributed by atoms with Crippen molar-refractivity contribution in [2.45, 2.75) is 65.5 Å². The number of nitrogens with zero attached hydrogens (tertiary/aromatic N) is 1. The number of rotatable bonds is 4. The van der Waals surface area contributed by atoms with E-state index in [1.807, 2.05) is 32.0 Å². The SMILES string of the molecule is CCC(C)N1CCC(C)(NC(=O)c2c(C)cccc2C)CC1. The van der Waals surface area contributed by atoms with Gasteiger partial charge in [0.05, 0.1) is 0 Å². The molecule has 0 aromatic heterocycles. The largest absolute Gasteiger partial charge is 0.347 e. The Kier molecular flexibility index (Phi) is 5.28. The van der Waals surface area contributed by atoms with Crippen molar-refractivity contribution in [1.82, 2.24) is 10.2 Å². The number of aryl methyl sites for hydroxylation is 2. The molecule has 1 fully saturated rings. The average Bonchev–Trinajstić information content (AvgIpc) is 2.46. The van der Waals surface area contributed by atoms with Gasteiger partial charge in [-0.25, -0.2) is 0 Å². The van der Waals surface area contributed by atoms with Crippen LogP contribution >= 0.6 is 0 Å². The first-order chi connectivity index (χ1) is 10.4. The fourth-order valence-electron chi connectivity index (χ4n) is 3.35. The van der Waals surface area contributed by atoms with Crippen LogP contribution in [-0.2, 0) is 0 Å². The summed E-state index contributed by atoms with van der Waals surface area (Å²) in [7, 11) is 0. The highest BCUT2D eigenvalue weighted by atomic mass is 16.1. The van der Waals surface area contributed by atoms with Crippen LogP contribution in [0.25, 0.3) is 0 Å². The van der Waals surface area contributed by atoms with Crippen molar-refractivity contribution in [2.75, 3.05) is 13.1 Å². The molecular weight excluding hydrogens is 272 g/mol. The van der Waals surface area contributed by atoms with E-state index >= 15 is 0 Å². The lowest BCUT2D eigenvalue weighted by Crippen LogP contribution is -2.54. The van der Waals surface area contributed by atoms with Crippen molar-refractivity contribution in [3.63, 3.8) is 0 Å². The summed E-state index contributed by atoms with van der Waals surface area (Å²) < 4.78 is 0. The van der Waals surface area contributed by atoms with Crippen LogP contribution in [0.2, 0.25) is 0 Å². The van der Waals surface area contributed by atoms with Crippen LogP contribution in [-0.4, -0.2) is 35.5 Å². The van der Waals surface area contributed by atoms with Gasteiger partial charge in [0.25, 0.3) is 5.91 Å². The van der Waals surface area contributed by atoms with Gasteiger partial charge in [-0.3, -0.25) is 4.79 Å². The van der Waals surface area contributed by atoms with Crippen LogP contribution in [0.5, 0.6) is 0 Å². The second-order valence-electron chi connectivity index (χ2n) is 7.07. The van der Waals surface area contributed by atoms with Gasteiger partial charge in [0.1, 0.15) is 0 Å². The van der Waals surface area contributed by atoms with Gasteiger partial charge in [-0.1, -0.05) is 25.1 Å². The van der Waals surface area contributed by atoms with Gasteiger partial charge in [0.15, 0.2) is 0 Å². The molecule has 3 heteroatoms. The molecule has 0 saturated carbocycles. The van der Waals surface area contributed by atoms with E-state index in [0.717, 1.165) is 42.6 Å². The zero-order valence-electron chi connectivity index (χ0n) is 14.7. The first kappa shape index (κ1) is 17.0. The van der Waals surface area contributed by atoms with E-state index in [0.29, 0.717) is 6.04 Å². The van der Waals surface area contributed by atoms with Gasteiger partial charge < -0.3 is 10.2 Å². The van der Waals surface area contributed by atoms with E-state index in [4.69, 9.17) is 0 Å². The summed E-state index contributed by atoms with van der Waals surface area (Å²) in [6, 6.07) is 6.66. The van der Waals surface area contributed by atoms with Crippen molar-refractivity contribution >= 4 is 5.91 Å². The molecule has 0 radical (unpaired) electrons. The highest BCUT2D eigenvalue weighted by molar-refractivity contribution is 5.97. The third-order valence-corrected chi connectivity index (χ3v) is 5.24. The van der Waals surface area contributed by atoms with E-state index in [-0.39, 0.29) is 11.4 Å². The maximum atomic E-state index is 12.7. The standard InChI is InChI=1S/C19H30N2O/c1-6-16(4)21-12-10-19(5,11-13-21)20-18(22)17-14(2)8-7-9-15(17)3/h7-9,16H,6,10-13H2,1-5H3,(H,20,22). The number of hydrogen-bond acceptors (Lipinski definition) is 2. The maximum Gasteiger partial charge on any atom is 0.252 e. The molecule has 2 rings (SSSR count). The molecule has 1 aromatic carbocycles. The monoisotopic (exact) mass is 302 g/mol. The number of benzene rings is 1. The third kappa shape index (κ3) is 3.70. The topological polar surface area (TPSA) is 32.3 Å². The average molecular weight is 302 g/mol. The fraction of sp³-hybridized carbons (Fsp3) is 0.632. The first-order valence-electron chi connectivity index (χ1n) is 8.49. The highest BCUT2D eigenvalue weighted by Crippen LogP contribution is 2.25. The minimum Gasteiger partial charge on any atom is -0.347 e. The Bertz CT molecular complexity index is 510. The van der Waals surface area contributed by atoms with Gasteiger partial charge in [-0.05, 0) is 58.1 Å². The maximum absolute atomic E-state index is 12.7. The van der Waals surface area contributed by atoms with Gasteiger partial charge in [-0.2, -0.15) is 0 Å². The molecule has 1 N–H and O–H groups in total. The number of carbonyl (C=O) groups excluding carboxylic acids is 1. The lowest BCUT2D eigenvalue weighted by Gasteiger charge is -2.42. The minimum absolute atomic E-state index is 0.0788. The lowest BCUT2D eigenvalue weighted by atomic mass is 9.88. The van der Waals surface area contributed by atoms with Gasteiger partial charge >= 0.3 is 0 Å². The van der Waals surface area contributed by atoms with Gasteiger partial charge in [-0.15, -0.1) is 0 Å². The van der Waals surface area contributed by atoms with E-state index in [1.165, 1.54) is 6.42 Å². The molecule has 1 atom stereocenters. The number of amides is 1. The Morgan fingerprint density at radius 3 is 2.32 bits per heavy atom. The number of hydrogen-bond donors (Lipinski definition) is 1. The second kappa shape index (κ2) is 6.82. The molecule has 0 spiro atoms. The number of likely N-dealkylation sites (tertiary alicyclic amines) is 1. The smallest absolute Gasteiger partial charge is 0.252 e. The molecule has 1 amide bonds. The molecule has 0 bridgehead atoms. The van der Waals surface area contributed by atoms with Crippen LogP contribution in [0.15, 0.2) is 18.2 Å². The molecule has 1 aliphatic heterocycles. The summed E-state index contributed by atoms with van der Waals surface area (Å²) in [5, 5.41) is 3.31. The van der Waals surface area contributed by atoms with Crippen molar-refractivity contribution < 1.29 is 4.79 Å². The van der Waals surface area contributed by atoms with Gasteiger partial charge in [0, 0.05) is 30.2 Å². The molecular formula is C19H30N2O. The predicted octanol–water partition coefficient (Wildman–Crippen LogP) is 3.69. The summed E-state index contributed by atoms with van der Waals surface area (Å²) >= 11 is 0. The second-order valence-corrected chi connectivity index (χ2v) is 7.07. The van der Waals surface area contributed by atoms with E-state index in [9.17, 15) is 4.79 Å². The molecule has 22 heavy (non-hydrogen) atoms. The predicted molar refractivity (Wildman–Crippen MR) is 92.3 cm³/mol. The van der Waals surface area contributed by atoms with E-state index in [2.05, 4.69) is 31.0 Å². The first-order valence-corrected chi connectivity index (χ1v) is 8.49. The Balaban J connectivity index is 2.03. The molecule has 1 saturated heterocycles. The lowest BCUT2D eigenvalue weighted by molar-refractivity contribution is 0.0784. The summed E-state index contributed by atoms with van der Waals surface area (Å²) in [4.78, 5) is 15.2. The van der Waals surface area contributed by atoms with Gasteiger partial charge in [0.2, 0.25) is 0 Å². The van der Waals surface area contributed by atoms with Crippen molar-refractivity contribution in [3.8, 4) is 0 Å². The van der Waals surface area contributed by atoms with Crippen molar-refractivity contribution in [3.05, 3.63) is 34.9 Å². The Labute approximate surface area is 135 Å². The summed E-state index contributed by atoms with van der Waals surface area (Å²) in [6.45, 7) is 12.9. The number of nitrogens with one attached hydrogen (secondary N) is 1. The minimum atomic E-state index is -0.0875. The zero-order chi connectivity index (χ0) is 16.3. The summed E-state index contributed by atoms with van der Waals surface area (Å²) in [5.41, 5.74) is 2.86. The Morgan fingerprint density at radius 2 is 1.82 bits per heavy atom. The molecule has 1 aliphatic rings. The van der Waals surface area contributed by atoms with Crippen LogP contribution in [0.4, 0.5) is 0 Å². The molecule has 1 unspecified atom stereocenters. The van der Waals surface area contributed by atoms with Crippen LogP contribution in [0, 0.1) is 13.8 Å². The Morgan fingerprint density at radius 1 is 1.27 bits per heavy atom. The summed E-state index contributed by atoms with van der Waals surface area (Å²) in [6.07, 6.45) is 3.23. The quantitative estimate of drug-likeness (QED) is 0.920. The van der Waals surface area contributed by atoms with Crippen LogP contribution < -0.4 is 5.32 Å². The molecule has 1 heterocycles. The normalized spacial score (nSPS) is 19.7. The van der Waals surface area contributed by atoms with Crippen molar-refractivity contribution in [2.24, 2.45) is 0 Å². The third-order valence-electron chi connectivity index (χ3n) is 5.24. The molecule has 0 aliphatic carbocycles. The fourth-order valence-corrected chi connectivity index (χ4v) is 3.35. The molecule has 3 nitrogen and oxygen atoms in total. The van der Waals surface area contributed by atoms with E-state index in [1.54, 1.807) is 0 Å². The number of carbonyl (C=O) groups is 1. The van der Waals surface area contributed by atoms with Crippen molar-refractivity contribution in [1.29, 1.82) is 0 Å². The zero-order valence-corrected chi connectivity index (χ0v) is 14.7. The molecule has 122 valence electrons. The highest BCUT2D eigenvalue weighted by Gasteiger charge is 2.33.